The molecular weight excluding hydrogens is 452 g/mol. The van der Waals surface area contributed by atoms with E-state index in [2.05, 4.69) is 76.1 Å². The zero-order chi connectivity index (χ0) is 24.3. The van der Waals surface area contributed by atoms with Crippen LogP contribution in [0.15, 0.2) is 71.4 Å². The van der Waals surface area contributed by atoms with Crippen LogP contribution in [0.2, 0.25) is 0 Å². The smallest absolute Gasteiger partial charge is 0.294 e. The van der Waals surface area contributed by atoms with Crippen molar-refractivity contribution in [2.45, 2.75) is 82.6 Å². The first-order chi connectivity index (χ1) is 18.4. The van der Waals surface area contributed by atoms with Crippen molar-refractivity contribution in [1.82, 2.24) is 4.57 Å². The minimum atomic E-state index is 0.579. The Bertz CT molecular complexity index is 1620. The minimum absolute atomic E-state index is 0.579. The largest absolute Gasteiger partial charge is 0.456 e. The number of fused-ring (bicyclic) bond motifs is 6. The molecule has 0 atom stereocenters. The Morgan fingerprint density at radius 1 is 0.757 bits per heavy atom. The number of imidazole rings is 1. The maximum atomic E-state index is 6.62. The predicted octanol–water partition coefficient (Wildman–Crippen LogP) is 8.79. The van der Waals surface area contributed by atoms with E-state index < -0.39 is 0 Å². The van der Waals surface area contributed by atoms with Crippen molar-refractivity contribution in [2.75, 3.05) is 0 Å². The van der Waals surface area contributed by atoms with Gasteiger partial charge in [-0.15, -0.1) is 0 Å². The molecule has 0 radical (unpaired) electrons. The summed E-state index contributed by atoms with van der Waals surface area (Å²) in [5.41, 5.74) is 9.50. The molecule has 0 unspecified atom stereocenters. The second-order valence-corrected chi connectivity index (χ2v) is 11.6. The lowest BCUT2D eigenvalue weighted by atomic mass is 9.77. The van der Waals surface area contributed by atoms with E-state index in [0.717, 1.165) is 17.7 Å². The summed E-state index contributed by atoms with van der Waals surface area (Å²) in [5, 5.41) is 2.65. The van der Waals surface area contributed by atoms with E-state index in [-0.39, 0.29) is 0 Å². The Kier molecular flexibility index (Phi) is 5.06. The topological polar surface area (TPSA) is 21.9 Å². The molecule has 0 amide bonds. The van der Waals surface area contributed by atoms with E-state index in [1.165, 1.54) is 103 Å². The molecule has 0 spiro atoms. The van der Waals surface area contributed by atoms with Crippen molar-refractivity contribution in [3.63, 3.8) is 0 Å². The molecule has 2 aliphatic carbocycles. The third-order valence-corrected chi connectivity index (χ3v) is 9.50. The quantitative estimate of drug-likeness (QED) is 0.229. The van der Waals surface area contributed by atoms with Crippen molar-refractivity contribution in [2.24, 2.45) is 0 Å². The molecule has 1 aliphatic heterocycles. The van der Waals surface area contributed by atoms with Gasteiger partial charge in [0, 0.05) is 27.5 Å². The van der Waals surface area contributed by atoms with E-state index in [1.54, 1.807) is 5.56 Å². The summed E-state index contributed by atoms with van der Waals surface area (Å²) < 4.78 is 11.7. The summed E-state index contributed by atoms with van der Waals surface area (Å²) in [4.78, 5) is 0. The van der Waals surface area contributed by atoms with Crippen LogP contribution >= 0.6 is 0 Å². The lowest BCUT2D eigenvalue weighted by molar-refractivity contribution is -0.671. The highest BCUT2D eigenvalue weighted by atomic mass is 16.3. The third kappa shape index (κ3) is 3.36. The number of rotatable bonds is 3. The molecule has 3 heterocycles. The SMILES string of the molecule is c1ccc2c(c1)C[n+]1ccn(-c3c(C4CCCCC4)cc4oc5ccccc5c4c3C3CCCCC3)c1-2. The molecule has 2 saturated carbocycles. The van der Waals surface area contributed by atoms with Crippen LogP contribution in [0.25, 0.3) is 39.0 Å². The van der Waals surface area contributed by atoms with Gasteiger partial charge in [-0.3, -0.25) is 0 Å². The maximum Gasteiger partial charge on any atom is 0.294 e. The molecule has 3 aromatic carbocycles. The van der Waals surface area contributed by atoms with Crippen molar-refractivity contribution >= 4 is 21.9 Å². The van der Waals surface area contributed by atoms with E-state index in [1.807, 2.05) is 0 Å². The van der Waals surface area contributed by atoms with E-state index in [9.17, 15) is 0 Å². The Balaban J connectivity index is 1.49. The summed E-state index contributed by atoms with van der Waals surface area (Å²) in [6.45, 7) is 0.965. The molecular formula is C34H35N2O+. The zero-order valence-electron chi connectivity index (χ0n) is 21.6. The summed E-state index contributed by atoms with van der Waals surface area (Å²) in [6.07, 6.45) is 17.9. The lowest BCUT2D eigenvalue weighted by Gasteiger charge is -2.29. The van der Waals surface area contributed by atoms with Gasteiger partial charge in [0.05, 0.1) is 5.56 Å². The first-order valence-electron chi connectivity index (χ1n) is 14.5. The van der Waals surface area contributed by atoms with Crippen LogP contribution in [-0.4, -0.2) is 4.57 Å². The summed E-state index contributed by atoms with van der Waals surface area (Å²) in [5.74, 6) is 2.52. The fourth-order valence-corrected chi connectivity index (χ4v) is 7.79. The van der Waals surface area contributed by atoms with Crippen LogP contribution in [0, 0.1) is 0 Å². The molecule has 5 aromatic rings. The van der Waals surface area contributed by atoms with Crippen molar-refractivity contribution < 1.29 is 8.98 Å². The van der Waals surface area contributed by atoms with Crippen LogP contribution in [0.3, 0.4) is 0 Å². The number of hydrogen-bond acceptors (Lipinski definition) is 1. The molecule has 0 bridgehead atoms. The van der Waals surface area contributed by atoms with Crippen molar-refractivity contribution in [3.8, 4) is 17.1 Å². The molecule has 0 saturated heterocycles. The fourth-order valence-electron chi connectivity index (χ4n) is 7.79. The first-order valence-corrected chi connectivity index (χ1v) is 14.5. The first kappa shape index (κ1) is 21.7. The monoisotopic (exact) mass is 487 g/mol. The van der Waals surface area contributed by atoms with Gasteiger partial charge in [-0.1, -0.05) is 74.9 Å². The highest BCUT2D eigenvalue weighted by Crippen LogP contribution is 2.49. The van der Waals surface area contributed by atoms with Crippen LogP contribution in [0.1, 0.15) is 92.7 Å². The van der Waals surface area contributed by atoms with Gasteiger partial charge in [0.15, 0.2) is 0 Å². The van der Waals surface area contributed by atoms with Crippen molar-refractivity contribution in [3.05, 3.63) is 83.7 Å². The normalized spacial score (nSPS) is 18.5. The summed E-state index contributed by atoms with van der Waals surface area (Å²) in [7, 11) is 0. The van der Waals surface area contributed by atoms with Crippen molar-refractivity contribution in [1.29, 1.82) is 0 Å². The molecule has 8 rings (SSSR count). The van der Waals surface area contributed by atoms with E-state index in [0.29, 0.717) is 11.8 Å². The number of furan rings is 1. The summed E-state index contributed by atoms with van der Waals surface area (Å²) in [6, 6.07) is 20.2. The van der Waals surface area contributed by atoms with Gasteiger partial charge in [0.25, 0.3) is 5.82 Å². The third-order valence-electron chi connectivity index (χ3n) is 9.50. The molecule has 3 heteroatoms. The van der Waals surface area contributed by atoms with Crippen LogP contribution in [0.5, 0.6) is 0 Å². The fraction of sp³-hybridized carbons (Fsp3) is 0.382. The van der Waals surface area contributed by atoms with Crippen LogP contribution < -0.4 is 4.57 Å². The van der Waals surface area contributed by atoms with Gasteiger partial charge in [-0.2, -0.15) is 4.57 Å². The number of para-hydroxylation sites is 1. The number of hydrogen-bond donors (Lipinski definition) is 0. The van der Waals surface area contributed by atoms with Gasteiger partial charge in [-0.25, -0.2) is 4.57 Å². The summed E-state index contributed by atoms with van der Waals surface area (Å²) >= 11 is 0. The molecule has 0 N–H and O–H groups in total. The second-order valence-electron chi connectivity index (χ2n) is 11.6. The minimum Gasteiger partial charge on any atom is -0.456 e. The van der Waals surface area contributed by atoms with Gasteiger partial charge >= 0.3 is 0 Å². The zero-order valence-corrected chi connectivity index (χ0v) is 21.6. The average Bonchev–Trinajstić information content (AvgIpc) is 3.64. The molecule has 2 fully saturated rings. The van der Waals surface area contributed by atoms with E-state index in [4.69, 9.17) is 4.42 Å². The molecule has 2 aromatic heterocycles. The van der Waals surface area contributed by atoms with Crippen LogP contribution in [-0.2, 0) is 6.54 Å². The van der Waals surface area contributed by atoms with Gasteiger partial charge < -0.3 is 4.42 Å². The Morgan fingerprint density at radius 2 is 1.49 bits per heavy atom. The number of aromatic nitrogens is 2. The maximum absolute atomic E-state index is 6.62. The lowest BCUT2D eigenvalue weighted by Crippen LogP contribution is -2.30. The molecule has 186 valence electrons. The van der Waals surface area contributed by atoms with Crippen LogP contribution in [0.4, 0.5) is 0 Å². The number of benzene rings is 3. The highest BCUT2D eigenvalue weighted by Gasteiger charge is 2.36. The predicted molar refractivity (Wildman–Crippen MR) is 149 cm³/mol. The average molecular weight is 488 g/mol. The molecule has 37 heavy (non-hydrogen) atoms. The van der Waals surface area contributed by atoms with Gasteiger partial charge in [0.1, 0.15) is 35.8 Å². The standard InChI is InChI=1S/C34H35N2O/c1-3-11-23(12-4-1)28-21-30-32(27-17-9-10-18-29(27)37-30)31(24-13-5-2-6-14-24)33(28)36-20-19-35-22-25-15-7-8-16-26(25)34(35)36/h7-10,15-21,23-24H,1-6,11-14,22H2/q+1. The second kappa shape index (κ2) is 8.62. The molecule has 3 nitrogen and oxygen atoms in total. The van der Waals surface area contributed by atoms with E-state index >= 15 is 0 Å². The Morgan fingerprint density at radius 3 is 2.32 bits per heavy atom. The van der Waals surface area contributed by atoms with Gasteiger partial charge in [0.2, 0.25) is 0 Å². The molecule has 3 aliphatic rings. The number of nitrogens with zero attached hydrogens (tertiary/aromatic N) is 2. The Hall–Kier alpha value is -3.33. The highest BCUT2D eigenvalue weighted by molar-refractivity contribution is 6.08. The Labute approximate surface area is 218 Å². The van der Waals surface area contributed by atoms with Gasteiger partial charge in [-0.05, 0) is 55.7 Å².